The molecule has 1 aliphatic rings. The van der Waals surface area contributed by atoms with Crippen LogP contribution < -0.4 is 4.74 Å². The smallest absolute Gasteiger partial charge is 0.150 e. The predicted octanol–water partition coefficient (Wildman–Crippen LogP) is 3.96. The molecule has 0 saturated carbocycles. The van der Waals surface area contributed by atoms with Gasteiger partial charge in [0.05, 0.1) is 14.2 Å². The third-order valence-corrected chi connectivity index (χ3v) is 4.52. The summed E-state index contributed by atoms with van der Waals surface area (Å²) in [5.41, 5.74) is 0.427. The molecule has 1 aromatic carbocycles. The monoisotopic (exact) mass is 328 g/mol. The van der Waals surface area contributed by atoms with E-state index in [1.54, 1.807) is 34.1 Å². The van der Waals surface area contributed by atoms with E-state index in [2.05, 4.69) is 0 Å². The lowest BCUT2D eigenvalue weighted by Crippen LogP contribution is -2.38. The van der Waals surface area contributed by atoms with E-state index in [0.717, 1.165) is 11.1 Å². The van der Waals surface area contributed by atoms with Crippen LogP contribution in [-0.2, 0) is 14.3 Å². The SMILES string of the molecule is CCC(=O)C1(C(=O)CC)C=C(c2ccccc2OC)C(OC)=CC1. The number of para-hydroxylation sites is 1. The Kier molecular flexibility index (Phi) is 5.60. The van der Waals surface area contributed by atoms with Gasteiger partial charge in [0.15, 0.2) is 0 Å². The molecule has 0 unspecified atom stereocenters. The zero-order valence-corrected chi connectivity index (χ0v) is 14.7. The summed E-state index contributed by atoms with van der Waals surface area (Å²) in [5.74, 6) is 1.21. The van der Waals surface area contributed by atoms with Crippen molar-refractivity contribution in [2.24, 2.45) is 5.41 Å². The summed E-state index contributed by atoms with van der Waals surface area (Å²) in [4.78, 5) is 25.3. The van der Waals surface area contributed by atoms with E-state index in [4.69, 9.17) is 9.47 Å². The molecule has 0 spiro atoms. The van der Waals surface area contributed by atoms with Crippen molar-refractivity contribution >= 4 is 17.1 Å². The highest BCUT2D eigenvalue weighted by Gasteiger charge is 2.43. The van der Waals surface area contributed by atoms with Crippen LogP contribution in [0.2, 0.25) is 0 Å². The number of ether oxygens (including phenoxy) is 2. The molecule has 0 radical (unpaired) electrons. The van der Waals surface area contributed by atoms with Crippen molar-refractivity contribution in [2.45, 2.75) is 33.1 Å². The summed E-state index contributed by atoms with van der Waals surface area (Å²) in [6.45, 7) is 3.58. The fourth-order valence-corrected chi connectivity index (χ4v) is 3.19. The maximum atomic E-state index is 12.6. The standard InChI is InChI=1S/C20H24O4/c1-5-18(21)20(19(22)6-2)12-11-17(24-4)15(13-20)14-9-7-8-10-16(14)23-3/h7-11,13H,5-6,12H2,1-4H3. The van der Waals surface area contributed by atoms with Gasteiger partial charge in [0, 0.05) is 24.0 Å². The van der Waals surface area contributed by atoms with E-state index < -0.39 is 5.41 Å². The van der Waals surface area contributed by atoms with E-state index >= 15 is 0 Å². The normalized spacial score (nSPS) is 16.0. The van der Waals surface area contributed by atoms with Crippen molar-refractivity contribution in [1.82, 2.24) is 0 Å². The second kappa shape index (κ2) is 7.47. The largest absolute Gasteiger partial charge is 0.496 e. The van der Waals surface area contributed by atoms with Gasteiger partial charge in [0.25, 0.3) is 0 Å². The Morgan fingerprint density at radius 1 is 1.04 bits per heavy atom. The second-order valence-corrected chi connectivity index (χ2v) is 5.76. The topological polar surface area (TPSA) is 52.6 Å². The number of Topliss-reactive ketones (excluding diaryl/α,β-unsaturated/α-hetero) is 2. The van der Waals surface area contributed by atoms with Crippen molar-refractivity contribution in [3.8, 4) is 5.75 Å². The number of rotatable bonds is 7. The van der Waals surface area contributed by atoms with E-state index in [1.807, 2.05) is 30.3 Å². The summed E-state index contributed by atoms with van der Waals surface area (Å²) in [5, 5.41) is 0. The Balaban J connectivity index is 2.67. The van der Waals surface area contributed by atoms with Gasteiger partial charge >= 0.3 is 0 Å². The minimum atomic E-state index is -1.11. The molecule has 24 heavy (non-hydrogen) atoms. The Labute approximate surface area is 143 Å². The highest BCUT2D eigenvalue weighted by molar-refractivity contribution is 6.11. The Bertz CT molecular complexity index is 681. The van der Waals surface area contributed by atoms with E-state index in [1.165, 1.54) is 0 Å². The van der Waals surface area contributed by atoms with Gasteiger partial charge in [-0.2, -0.15) is 0 Å². The molecule has 0 aromatic heterocycles. The number of methoxy groups -OCH3 is 2. The molecule has 0 heterocycles. The minimum Gasteiger partial charge on any atom is -0.496 e. The van der Waals surface area contributed by atoms with Crippen molar-refractivity contribution in [2.75, 3.05) is 14.2 Å². The second-order valence-electron chi connectivity index (χ2n) is 5.76. The van der Waals surface area contributed by atoms with Gasteiger partial charge in [-0.25, -0.2) is 0 Å². The van der Waals surface area contributed by atoms with Crippen LogP contribution in [0.3, 0.4) is 0 Å². The Morgan fingerprint density at radius 3 is 2.21 bits per heavy atom. The Hall–Kier alpha value is -2.36. The number of carbonyl (C=O) groups is 2. The highest BCUT2D eigenvalue weighted by Crippen LogP contribution is 2.43. The molecule has 0 bridgehead atoms. The van der Waals surface area contributed by atoms with Crippen LogP contribution in [0.25, 0.3) is 5.57 Å². The van der Waals surface area contributed by atoms with E-state index in [0.29, 0.717) is 30.8 Å². The molecule has 1 aromatic rings. The third kappa shape index (κ3) is 3.01. The average Bonchev–Trinajstić information content (AvgIpc) is 2.65. The van der Waals surface area contributed by atoms with E-state index in [-0.39, 0.29) is 11.6 Å². The first-order valence-electron chi connectivity index (χ1n) is 8.21. The number of benzene rings is 1. The molecule has 1 aliphatic carbocycles. The quantitative estimate of drug-likeness (QED) is 0.711. The molecule has 0 amide bonds. The molecule has 4 heteroatoms. The molecule has 0 fully saturated rings. The lowest BCUT2D eigenvalue weighted by Gasteiger charge is -2.31. The molecule has 4 nitrogen and oxygen atoms in total. The average molecular weight is 328 g/mol. The molecule has 128 valence electrons. The molecular weight excluding hydrogens is 304 g/mol. The van der Waals surface area contributed by atoms with Gasteiger partial charge in [-0.05, 0) is 18.6 Å². The van der Waals surface area contributed by atoms with Crippen LogP contribution in [0.5, 0.6) is 5.75 Å². The van der Waals surface area contributed by atoms with Crippen molar-refractivity contribution in [1.29, 1.82) is 0 Å². The molecular formula is C20H24O4. The fraction of sp³-hybridized carbons (Fsp3) is 0.400. The molecule has 0 saturated heterocycles. The summed E-state index contributed by atoms with van der Waals surface area (Å²) in [6, 6.07) is 7.53. The van der Waals surface area contributed by atoms with Crippen LogP contribution >= 0.6 is 0 Å². The van der Waals surface area contributed by atoms with Crippen LogP contribution in [0.1, 0.15) is 38.7 Å². The number of ketones is 2. The van der Waals surface area contributed by atoms with Crippen LogP contribution in [0, 0.1) is 5.41 Å². The van der Waals surface area contributed by atoms with Crippen LogP contribution in [0.15, 0.2) is 42.2 Å². The van der Waals surface area contributed by atoms with Gasteiger partial charge in [0.2, 0.25) is 0 Å². The summed E-state index contributed by atoms with van der Waals surface area (Å²) in [6.07, 6.45) is 4.59. The predicted molar refractivity (Wildman–Crippen MR) is 93.7 cm³/mol. The van der Waals surface area contributed by atoms with Gasteiger partial charge in [-0.15, -0.1) is 0 Å². The van der Waals surface area contributed by atoms with Crippen molar-refractivity contribution in [3.05, 3.63) is 47.7 Å². The fourth-order valence-electron chi connectivity index (χ4n) is 3.19. The minimum absolute atomic E-state index is 0.0619. The summed E-state index contributed by atoms with van der Waals surface area (Å²) in [7, 11) is 3.19. The first-order valence-corrected chi connectivity index (χ1v) is 8.21. The molecule has 0 N–H and O–H groups in total. The molecule has 0 atom stereocenters. The van der Waals surface area contributed by atoms with Crippen LogP contribution in [0.4, 0.5) is 0 Å². The molecule has 2 rings (SSSR count). The van der Waals surface area contributed by atoms with Crippen molar-refractivity contribution < 1.29 is 19.1 Å². The van der Waals surface area contributed by atoms with Gasteiger partial charge in [0.1, 0.15) is 28.5 Å². The number of hydrogen-bond acceptors (Lipinski definition) is 4. The summed E-state index contributed by atoms with van der Waals surface area (Å²) >= 11 is 0. The third-order valence-electron chi connectivity index (χ3n) is 4.52. The maximum Gasteiger partial charge on any atom is 0.150 e. The zero-order chi connectivity index (χ0) is 17.7. The first-order chi connectivity index (χ1) is 11.5. The lowest BCUT2D eigenvalue weighted by atomic mass is 9.70. The zero-order valence-electron chi connectivity index (χ0n) is 14.7. The number of allylic oxidation sites excluding steroid dienone is 3. The number of carbonyl (C=O) groups excluding carboxylic acids is 2. The van der Waals surface area contributed by atoms with Gasteiger partial charge in [-0.1, -0.05) is 38.1 Å². The van der Waals surface area contributed by atoms with Gasteiger partial charge in [-0.3, -0.25) is 9.59 Å². The Morgan fingerprint density at radius 2 is 1.67 bits per heavy atom. The van der Waals surface area contributed by atoms with Crippen LogP contribution in [-0.4, -0.2) is 25.8 Å². The summed E-state index contributed by atoms with van der Waals surface area (Å²) < 4.78 is 10.9. The molecule has 0 aliphatic heterocycles. The van der Waals surface area contributed by atoms with Crippen molar-refractivity contribution in [3.63, 3.8) is 0 Å². The lowest BCUT2D eigenvalue weighted by molar-refractivity contribution is -0.137. The highest BCUT2D eigenvalue weighted by atomic mass is 16.5. The van der Waals surface area contributed by atoms with Gasteiger partial charge < -0.3 is 9.47 Å². The number of hydrogen-bond donors (Lipinski definition) is 0. The van der Waals surface area contributed by atoms with E-state index in [9.17, 15) is 9.59 Å². The maximum absolute atomic E-state index is 12.6. The first kappa shape index (κ1) is 18.0.